The van der Waals surface area contributed by atoms with Crippen molar-refractivity contribution in [2.24, 2.45) is 7.05 Å². The first kappa shape index (κ1) is 15.7. The molecular formula is C14H25N3O2. The summed E-state index contributed by atoms with van der Waals surface area (Å²) in [5.41, 5.74) is 0. The second-order valence-electron chi connectivity index (χ2n) is 4.57. The molecule has 0 fully saturated rings. The zero-order chi connectivity index (χ0) is 13.9. The molecule has 0 aliphatic carbocycles. The van der Waals surface area contributed by atoms with Crippen molar-refractivity contribution in [2.75, 3.05) is 19.7 Å². The molecule has 0 radical (unpaired) electrons. The van der Waals surface area contributed by atoms with E-state index >= 15 is 0 Å². The minimum absolute atomic E-state index is 0.0785. The maximum Gasteiger partial charge on any atom is 0.305 e. The van der Waals surface area contributed by atoms with Gasteiger partial charge in [-0.05, 0) is 26.3 Å². The lowest BCUT2D eigenvalue weighted by molar-refractivity contribution is -0.143. The van der Waals surface area contributed by atoms with Crippen LogP contribution in [-0.2, 0) is 23.0 Å². The molecule has 1 N–H and O–H groups in total. The van der Waals surface area contributed by atoms with E-state index in [2.05, 4.69) is 10.3 Å². The summed E-state index contributed by atoms with van der Waals surface area (Å²) in [5, 5.41) is 3.39. The summed E-state index contributed by atoms with van der Waals surface area (Å²) in [4.78, 5) is 15.4. The number of esters is 1. The summed E-state index contributed by atoms with van der Waals surface area (Å²) >= 11 is 0. The molecule has 0 saturated carbocycles. The lowest BCUT2D eigenvalue weighted by Crippen LogP contribution is -2.19. The Balaban J connectivity index is 1.89. The van der Waals surface area contributed by atoms with Gasteiger partial charge in [0.05, 0.1) is 6.61 Å². The summed E-state index contributed by atoms with van der Waals surface area (Å²) in [6, 6.07) is 0. The second-order valence-corrected chi connectivity index (χ2v) is 4.57. The molecule has 0 spiro atoms. The van der Waals surface area contributed by atoms with Crippen LogP contribution >= 0.6 is 0 Å². The quantitative estimate of drug-likeness (QED) is 0.517. The number of hydrogen-bond donors (Lipinski definition) is 1. The van der Waals surface area contributed by atoms with Crippen LogP contribution < -0.4 is 5.32 Å². The SMILES string of the molecule is CCOC(=O)CCCCCNCCc1nccn1C. The number of rotatable bonds is 10. The molecule has 0 amide bonds. The molecule has 0 aromatic carbocycles. The highest BCUT2D eigenvalue weighted by molar-refractivity contribution is 5.69. The fourth-order valence-corrected chi connectivity index (χ4v) is 1.89. The van der Waals surface area contributed by atoms with Crippen LogP contribution in [-0.4, -0.2) is 35.2 Å². The minimum atomic E-state index is -0.0785. The Morgan fingerprint density at radius 3 is 2.89 bits per heavy atom. The summed E-state index contributed by atoms with van der Waals surface area (Å²) in [6.45, 7) is 4.26. The monoisotopic (exact) mass is 267 g/mol. The summed E-state index contributed by atoms with van der Waals surface area (Å²) < 4.78 is 6.92. The summed E-state index contributed by atoms with van der Waals surface area (Å²) in [5.74, 6) is 1.03. The molecule has 108 valence electrons. The van der Waals surface area contributed by atoms with E-state index in [1.165, 1.54) is 0 Å². The molecule has 0 atom stereocenters. The molecule has 19 heavy (non-hydrogen) atoms. The van der Waals surface area contributed by atoms with Crippen molar-refractivity contribution in [3.05, 3.63) is 18.2 Å². The molecule has 5 heteroatoms. The number of nitrogens with zero attached hydrogens (tertiary/aromatic N) is 2. The van der Waals surface area contributed by atoms with Gasteiger partial charge >= 0.3 is 5.97 Å². The molecule has 0 bridgehead atoms. The first-order chi connectivity index (χ1) is 9.24. The maximum atomic E-state index is 11.1. The Morgan fingerprint density at radius 1 is 1.37 bits per heavy atom. The van der Waals surface area contributed by atoms with Gasteiger partial charge in [0.2, 0.25) is 0 Å². The van der Waals surface area contributed by atoms with Gasteiger partial charge in [-0.15, -0.1) is 0 Å². The molecule has 1 heterocycles. The number of ether oxygens (including phenoxy) is 1. The van der Waals surface area contributed by atoms with E-state index in [-0.39, 0.29) is 5.97 Å². The number of hydrogen-bond acceptors (Lipinski definition) is 4. The zero-order valence-electron chi connectivity index (χ0n) is 12.0. The van der Waals surface area contributed by atoms with Gasteiger partial charge in [-0.3, -0.25) is 4.79 Å². The fourth-order valence-electron chi connectivity index (χ4n) is 1.89. The van der Waals surface area contributed by atoms with Gasteiger partial charge < -0.3 is 14.6 Å². The smallest absolute Gasteiger partial charge is 0.305 e. The van der Waals surface area contributed by atoms with Crippen molar-refractivity contribution >= 4 is 5.97 Å². The van der Waals surface area contributed by atoms with Gasteiger partial charge in [-0.2, -0.15) is 0 Å². The molecule has 1 aromatic heterocycles. The van der Waals surface area contributed by atoms with E-state index < -0.39 is 0 Å². The van der Waals surface area contributed by atoms with Gasteiger partial charge in [0.15, 0.2) is 0 Å². The first-order valence-electron chi connectivity index (χ1n) is 7.06. The van der Waals surface area contributed by atoms with Gasteiger partial charge in [0, 0.05) is 38.8 Å². The summed E-state index contributed by atoms with van der Waals surface area (Å²) in [7, 11) is 2.01. The molecule has 5 nitrogen and oxygen atoms in total. The predicted molar refractivity (Wildman–Crippen MR) is 74.9 cm³/mol. The van der Waals surface area contributed by atoms with Crippen molar-refractivity contribution in [3.8, 4) is 0 Å². The van der Waals surface area contributed by atoms with E-state index in [0.29, 0.717) is 13.0 Å². The Bertz CT molecular complexity index is 363. The van der Waals surface area contributed by atoms with E-state index in [9.17, 15) is 4.79 Å². The normalized spacial score (nSPS) is 10.6. The highest BCUT2D eigenvalue weighted by Gasteiger charge is 2.01. The second kappa shape index (κ2) is 9.55. The van der Waals surface area contributed by atoms with Crippen molar-refractivity contribution < 1.29 is 9.53 Å². The van der Waals surface area contributed by atoms with Crippen molar-refractivity contribution in [3.63, 3.8) is 0 Å². The molecule has 0 unspecified atom stereocenters. The number of unbranched alkanes of at least 4 members (excludes halogenated alkanes) is 2. The van der Waals surface area contributed by atoms with Gasteiger partial charge in [-0.25, -0.2) is 4.98 Å². The lowest BCUT2D eigenvalue weighted by atomic mass is 10.2. The van der Waals surface area contributed by atoms with Crippen LogP contribution in [0.5, 0.6) is 0 Å². The number of aromatic nitrogens is 2. The third-order valence-electron chi connectivity index (χ3n) is 2.99. The van der Waals surface area contributed by atoms with Crippen LogP contribution in [0.3, 0.4) is 0 Å². The van der Waals surface area contributed by atoms with E-state index in [4.69, 9.17) is 4.74 Å². The first-order valence-corrected chi connectivity index (χ1v) is 7.06. The Labute approximate surface area is 115 Å². The highest BCUT2D eigenvalue weighted by atomic mass is 16.5. The molecule has 0 aliphatic heterocycles. The third-order valence-corrected chi connectivity index (χ3v) is 2.99. The number of nitrogens with one attached hydrogen (secondary N) is 1. The van der Waals surface area contributed by atoms with Crippen LogP contribution in [0.4, 0.5) is 0 Å². The fraction of sp³-hybridized carbons (Fsp3) is 0.714. The van der Waals surface area contributed by atoms with E-state index in [0.717, 1.165) is 44.6 Å². The van der Waals surface area contributed by atoms with Crippen LogP contribution in [0.1, 0.15) is 38.4 Å². The topological polar surface area (TPSA) is 56.1 Å². The average Bonchev–Trinajstić information content (AvgIpc) is 2.79. The van der Waals surface area contributed by atoms with Crippen LogP contribution in [0.2, 0.25) is 0 Å². The van der Waals surface area contributed by atoms with Crippen LogP contribution in [0.15, 0.2) is 12.4 Å². The number of carbonyl (C=O) groups excluding carboxylic acids is 1. The molecule has 1 rings (SSSR count). The number of aryl methyl sites for hydroxylation is 1. The Kier molecular flexibility index (Phi) is 7.89. The van der Waals surface area contributed by atoms with Gasteiger partial charge in [0.25, 0.3) is 0 Å². The highest BCUT2D eigenvalue weighted by Crippen LogP contribution is 2.00. The molecule has 0 aliphatic rings. The number of carbonyl (C=O) groups is 1. The number of imidazole rings is 1. The van der Waals surface area contributed by atoms with Gasteiger partial charge in [0.1, 0.15) is 5.82 Å². The molecule has 0 saturated heterocycles. The lowest BCUT2D eigenvalue weighted by Gasteiger charge is -2.05. The van der Waals surface area contributed by atoms with Crippen LogP contribution in [0.25, 0.3) is 0 Å². The molecule has 1 aromatic rings. The molecular weight excluding hydrogens is 242 g/mol. The van der Waals surface area contributed by atoms with Crippen molar-refractivity contribution in [1.82, 2.24) is 14.9 Å². The Hall–Kier alpha value is -1.36. The van der Waals surface area contributed by atoms with Gasteiger partial charge in [-0.1, -0.05) is 6.42 Å². The Morgan fingerprint density at radius 2 is 2.21 bits per heavy atom. The van der Waals surface area contributed by atoms with Crippen molar-refractivity contribution in [1.29, 1.82) is 0 Å². The summed E-state index contributed by atoms with van der Waals surface area (Å²) in [6.07, 6.45) is 8.36. The van der Waals surface area contributed by atoms with Crippen molar-refractivity contribution in [2.45, 2.75) is 39.0 Å². The largest absolute Gasteiger partial charge is 0.466 e. The standard InChI is InChI=1S/C14H25N3O2/c1-3-19-14(18)7-5-4-6-9-15-10-8-13-16-11-12-17(13)2/h11-12,15H,3-10H2,1-2H3. The van der Waals surface area contributed by atoms with E-state index in [1.54, 1.807) is 0 Å². The van der Waals surface area contributed by atoms with Crippen LogP contribution in [0, 0.1) is 0 Å². The maximum absolute atomic E-state index is 11.1. The van der Waals surface area contributed by atoms with E-state index in [1.807, 2.05) is 30.9 Å². The zero-order valence-corrected chi connectivity index (χ0v) is 12.0. The third kappa shape index (κ3) is 6.96. The predicted octanol–water partition coefficient (Wildman–Crippen LogP) is 1.68. The minimum Gasteiger partial charge on any atom is -0.466 e. The average molecular weight is 267 g/mol.